The van der Waals surface area contributed by atoms with Gasteiger partial charge in [-0.25, -0.2) is 9.78 Å². The topological polar surface area (TPSA) is 87.5 Å². The maximum Gasteiger partial charge on any atom is 0.317 e. The van der Waals surface area contributed by atoms with E-state index in [1.54, 1.807) is 11.0 Å². The molecule has 0 bridgehead atoms. The van der Waals surface area contributed by atoms with Gasteiger partial charge < -0.3 is 15.3 Å². The van der Waals surface area contributed by atoms with Gasteiger partial charge in [0.1, 0.15) is 0 Å². The third-order valence-electron chi connectivity index (χ3n) is 7.26. The van der Waals surface area contributed by atoms with Crippen LogP contribution in [0, 0.1) is 5.41 Å². The summed E-state index contributed by atoms with van der Waals surface area (Å²) >= 11 is 0. The van der Waals surface area contributed by atoms with E-state index in [2.05, 4.69) is 23.5 Å². The number of carbonyl (C=O) groups is 1. The Balaban J connectivity index is 1.53. The van der Waals surface area contributed by atoms with E-state index in [9.17, 15) is 14.7 Å². The maximum atomic E-state index is 12.9. The lowest BCUT2D eigenvalue weighted by atomic mass is 9.66. The Morgan fingerprint density at radius 3 is 2.61 bits per heavy atom. The number of amides is 2. The predicted octanol–water partition coefficient (Wildman–Crippen LogP) is 3.36. The highest BCUT2D eigenvalue weighted by Gasteiger charge is 2.55. The number of nitrogens with zero attached hydrogens (tertiary/aromatic N) is 3. The van der Waals surface area contributed by atoms with Gasteiger partial charge in [-0.3, -0.25) is 9.36 Å². The lowest BCUT2D eigenvalue weighted by Crippen LogP contribution is -2.63. The van der Waals surface area contributed by atoms with Gasteiger partial charge in [0.25, 0.3) is 5.56 Å². The van der Waals surface area contributed by atoms with Crippen LogP contribution in [0.2, 0.25) is 0 Å². The summed E-state index contributed by atoms with van der Waals surface area (Å²) in [5.74, 6) is 0. The Morgan fingerprint density at radius 2 is 1.94 bits per heavy atom. The summed E-state index contributed by atoms with van der Waals surface area (Å²) in [6.45, 7) is 8.93. The zero-order chi connectivity index (χ0) is 23.5. The summed E-state index contributed by atoms with van der Waals surface area (Å²) in [7, 11) is 0. The molecule has 1 saturated heterocycles. The number of hydrogen-bond donors (Lipinski definition) is 2. The third kappa shape index (κ3) is 4.64. The van der Waals surface area contributed by atoms with Crippen molar-refractivity contribution in [3.05, 3.63) is 77.9 Å². The summed E-state index contributed by atoms with van der Waals surface area (Å²) in [6, 6.07) is 10.9. The SMILES string of the molecule is C=CC(=C)CNC(=O)N1CCC(O)(Cn2cnc(-c3ccccc3)cc2=O)C2(CCCC2)C1. The molecule has 4 rings (SSSR count). The van der Waals surface area contributed by atoms with E-state index in [1.807, 2.05) is 30.3 Å². The molecule has 2 heterocycles. The first-order chi connectivity index (χ1) is 15.9. The molecule has 1 aliphatic heterocycles. The highest BCUT2D eigenvalue weighted by molar-refractivity contribution is 5.74. The number of benzene rings is 1. The zero-order valence-corrected chi connectivity index (χ0v) is 19.0. The van der Waals surface area contributed by atoms with Gasteiger partial charge in [-0.05, 0) is 24.8 Å². The molecule has 7 heteroatoms. The van der Waals surface area contributed by atoms with Gasteiger partial charge in [0.15, 0.2) is 0 Å². The molecule has 1 aromatic heterocycles. The minimum Gasteiger partial charge on any atom is -0.387 e. The highest BCUT2D eigenvalue weighted by Crippen LogP contribution is 2.51. The molecular weight excluding hydrogens is 416 g/mol. The van der Waals surface area contributed by atoms with Crippen LogP contribution in [0.25, 0.3) is 11.3 Å². The van der Waals surface area contributed by atoms with Crippen molar-refractivity contribution < 1.29 is 9.90 Å². The molecule has 7 nitrogen and oxygen atoms in total. The van der Waals surface area contributed by atoms with Crippen molar-refractivity contribution in [3.63, 3.8) is 0 Å². The van der Waals surface area contributed by atoms with Crippen LogP contribution >= 0.6 is 0 Å². The van der Waals surface area contributed by atoms with Crippen LogP contribution < -0.4 is 10.9 Å². The number of aliphatic hydroxyl groups is 1. The molecule has 1 aromatic carbocycles. The predicted molar refractivity (Wildman–Crippen MR) is 129 cm³/mol. The van der Waals surface area contributed by atoms with Gasteiger partial charge >= 0.3 is 6.03 Å². The molecule has 2 N–H and O–H groups in total. The van der Waals surface area contributed by atoms with Crippen LogP contribution in [0.1, 0.15) is 32.1 Å². The van der Waals surface area contributed by atoms with Crippen molar-refractivity contribution >= 4 is 6.03 Å². The molecular formula is C26H32N4O3. The number of rotatable bonds is 6. The largest absolute Gasteiger partial charge is 0.387 e. The average Bonchev–Trinajstić information content (AvgIpc) is 3.31. The molecule has 2 fully saturated rings. The Labute approximate surface area is 194 Å². The van der Waals surface area contributed by atoms with Gasteiger partial charge in [0.2, 0.25) is 0 Å². The quantitative estimate of drug-likeness (QED) is 0.664. The normalized spacial score (nSPS) is 21.7. The molecule has 2 aliphatic rings. The number of likely N-dealkylation sites (tertiary alicyclic amines) is 1. The Hall–Kier alpha value is -3.19. The Bertz CT molecular complexity index is 1090. The summed E-state index contributed by atoms with van der Waals surface area (Å²) in [4.78, 5) is 31.9. The molecule has 33 heavy (non-hydrogen) atoms. The van der Waals surface area contributed by atoms with Crippen molar-refractivity contribution in [2.24, 2.45) is 5.41 Å². The van der Waals surface area contributed by atoms with E-state index in [4.69, 9.17) is 0 Å². The Morgan fingerprint density at radius 1 is 1.21 bits per heavy atom. The third-order valence-corrected chi connectivity index (χ3v) is 7.26. The summed E-state index contributed by atoms with van der Waals surface area (Å²) in [5, 5.41) is 14.8. The number of hydrogen-bond acceptors (Lipinski definition) is 4. The first-order valence-electron chi connectivity index (χ1n) is 11.5. The fourth-order valence-corrected chi connectivity index (χ4v) is 5.24. The molecule has 1 unspecified atom stereocenters. The van der Waals surface area contributed by atoms with Gasteiger partial charge in [0.05, 0.1) is 24.2 Å². The van der Waals surface area contributed by atoms with Gasteiger partial charge in [0, 0.05) is 36.7 Å². The number of aromatic nitrogens is 2. The van der Waals surface area contributed by atoms with Gasteiger partial charge in [-0.15, -0.1) is 0 Å². The fourth-order valence-electron chi connectivity index (χ4n) is 5.24. The minimum atomic E-state index is -1.08. The number of nitrogens with one attached hydrogen (secondary N) is 1. The molecule has 1 saturated carbocycles. The van der Waals surface area contributed by atoms with E-state index in [-0.39, 0.29) is 18.1 Å². The second kappa shape index (κ2) is 9.35. The fraction of sp³-hybridized carbons (Fsp3) is 0.423. The monoisotopic (exact) mass is 448 g/mol. The highest BCUT2D eigenvalue weighted by atomic mass is 16.3. The summed E-state index contributed by atoms with van der Waals surface area (Å²) in [6.07, 6.45) is 7.24. The maximum absolute atomic E-state index is 12.9. The minimum absolute atomic E-state index is 0.155. The van der Waals surface area contributed by atoms with Crippen LogP contribution in [-0.4, -0.2) is 50.8 Å². The van der Waals surface area contributed by atoms with Crippen molar-refractivity contribution in [1.82, 2.24) is 19.8 Å². The average molecular weight is 449 g/mol. The number of piperidine rings is 1. The van der Waals surface area contributed by atoms with E-state index >= 15 is 0 Å². The van der Waals surface area contributed by atoms with E-state index in [0.29, 0.717) is 31.7 Å². The first kappa shape index (κ1) is 23.0. The van der Waals surface area contributed by atoms with Crippen molar-refractivity contribution in [2.75, 3.05) is 19.6 Å². The van der Waals surface area contributed by atoms with Crippen LogP contribution in [-0.2, 0) is 6.54 Å². The molecule has 2 amide bonds. The van der Waals surface area contributed by atoms with E-state index in [1.165, 1.54) is 17.0 Å². The lowest BCUT2D eigenvalue weighted by molar-refractivity contribution is -0.135. The van der Waals surface area contributed by atoms with Crippen LogP contribution in [0.5, 0.6) is 0 Å². The molecule has 1 spiro atoms. The summed E-state index contributed by atoms with van der Waals surface area (Å²) < 4.78 is 1.51. The van der Waals surface area contributed by atoms with Crippen molar-refractivity contribution in [2.45, 2.75) is 44.2 Å². The molecule has 1 atom stereocenters. The van der Waals surface area contributed by atoms with Gasteiger partial charge in [-0.1, -0.05) is 62.4 Å². The Kier molecular flexibility index (Phi) is 6.51. The smallest absolute Gasteiger partial charge is 0.317 e. The van der Waals surface area contributed by atoms with Gasteiger partial charge in [-0.2, -0.15) is 0 Å². The lowest BCUT2D eigenvalue weighted by Gasteiger charge is -2.52. The van der Waals surface area contributed by atoms with Crippen molar-refractivity contribution in [1.29, 1.82) is 0 Å². The molecule has 174 valence electrons. The zero-order valence-electron chi connectivity index (χ0n) is 19.0. The second-order valence-electron chi connectivity index (χ2n) is 9.32. The molecule has 1 aliphatic carbocycles. The van der Waals surface area contributed by atoms with Crippen LogP contribution in [0.3, 0.4) is 0 Å². The first-order valence-corrected chi connectivity index (χ1v) is 11.5. The van der Waals surface area contributed by atoms with Crippen LogP contribution in [0.4, 0.5) is 4.79 Å². The number of carbonyl (C=O) groups excluding carboxylic acids is 1. The van der Waals surface area contributed by atoms with Crippen LogP contribution in [0.15, 0.2) is 72.3 Å². The second-order valence-corrected chi connectivity index (χ2v) is 9.32. The van der Waals surface area contributed by atoms with E-state index < -0.39 is 11.0 Å². The molecule has 0 radical (unpaired) electrons. The van der Waals surface area contributed by atoms with Crippen molar-refractivity contribution in [3.8, 4) is 11.3 Å². The van der Waals surface area contributed by atoms with E-state index in [0.717, 1.165) is 36.8 Å². The summed E-state index contributed by atoms with van der Waals surface area (Å²) in [5.41, 5.74) is 0.547. The standard InChI is InChI=1S/C26H32N4O3/c1-3-20(2)16-27-24(32)29-14-13-26(33,25(17-29)11-7-8-12-25)18-30-19-28-22(15-23(30)31)21-9-5-4-6-10-21/h3-6,9-10,15,19,33H,1-2,7-8,11-14,16-18H2,(H,27,32). The molecule has 2 aromatic rings. The number of urea groups is 1.